The minimum atomic E-state index is -0.290. The van der Waals surface area contributed by atoms with Crippen LogP contribution in [0.15, 0.2) is 81.0 Å². The third-order valence-corrected chi connectivity index (χ3v) is 4.63. The molecule has 0 aliphatic carbocycles. The van der Waals surface area contributed by atoms with Crippen molar-refractivity contribution in [1.82, 2.24) is 20.6 Å². The molecule has 0 unspecified atom stereocenters. The predicted molar refractivity (Wildman–Crippen MR) is 120 cm³/mol. The predicted octanol–water partition coefficient (Wildman–Crippen LogP) is 4.43. The topological polar surface area (TPSA) is 88.5 Å². The van der Waals surface area contributed by atoms with Crippen LogP contribution in [0.4, 0.5) is 4.39 Å². The molecular weight excluding hydrogens is 409 g/mol. The van der Waals surface area contributed by atoms with Gasteiger partial charge in [-0.1, -0.05) is 18.2 Å². The molecule has 0 radical (unpaired) electrons. The van der Waals surface area contributed by atoms with Crippen molar-refractivity contribution >= 4 is 5.96 Å². The van der Waals surface area contributed by atoms with Crippen molar-refractivity contribution in [2.24, 2.45) is 4.99 Å². The lowest BCUT2D eigenvalue weighted by atomic mass is 10.2. The number of halogens is 1. The summed E-state index contributed by atoms with van der Waals surface area (Å²) in [5.41, 5.74) is 3.22. The van der Waals surface area contributed by atoms with Gasteiger partial charge in [0, 0.05) is 30.6 Å². The van der Waals surface area contributed by atoms with E-state index in [2.05, 4.69) is 25.6 Å². The molecular formula is C24H24FN5O2. The molecule has 4 aromatic rings. The van der Waals surface area contributed by atoms with Crippen LogP contribution in [0.1, 0.15) is 18.3 Å². The number of benzene rings is 2. The van der Waals surface area contributed by atoms with E-state index >= 15 is 0 Å². The molecule has 2 N–H and O–H groups in total. The average Bonchev–Trinajstić information content (AvgIpc) is 3.49. The standard InChI is InChI=1S/C24H24FN5O2/c1-2-26-24(28-14-21-16-32-22(30-21)17-6-4-3-5-7-17)27-13-12-20-15-31-23(29-20)18-8-10-19(25)11-9-18/h3-11,15-16H,2,12-14H2,1H3,(H2,26,27,28). The average molecular weight is 433 g/mol. The zero-order chi connectivity index (χ0) is 22.2. The van der Waals surface area contributed by atoms with E-state index in [-0.39, 0.29) is 5.82 Å². The summed E-state index contributed by atoms with van der Waals surface area (Å²) in [5.74, 6) is 1.44. The normalized spacial score (nSPS) is 11.5. The molecule has 2 heterocycles. The second-order valence-electron chi connectivity index (χ2n) is 7.03. The van der Waals surface area contributed by atoms with Gasteiger partial charge in [-0.3, -0.25) is 0 Å². The number of aliphatic imine (C=N–C) groups is 1. The second kappa shape index (κ2) is 10.4. The highest BCUT2D eigenvalue weighted by atomic mass is 19.1. The van der Waals surface area contributed by atoms with E-state index in [4.69, 9.17) is 8.83 Å². The molecule has 0 fully saturated rings. The first kappa shape index (κ1) is 21.3. The van der Waals surface area contributed by atoms with Gasteiger partial charge in [-0.05, 0) is 43.3 Å². The van der Waals surface area contributed by atoms with E-state index < -0.39 is 0 Å². The van der Waals surface area contributed by atoms with Crippen molar-refractivity contribution in [2.75, 3.05) is 13.1 Å². The van der Waals surface area contributed by atoms with E-state index in [0.29, 0.717) is 37.3 Å². The molecule has 0 saturated carbocycles. The summed E-state index contributed by atoms with van der Waals surface area (Å²) < 4.78 is 24.2. The van der Waals surface area contributed by atoms with Gasteiger partial charge < -0.3 is 19.5 Å². The van der Waals surface area contributed by atoms with E-state index in [1.165, 1.54) is 12.1 Å². The van der Waals surface area contributed by atoms with Crippen molar-refractivity contribution in [1.29, 1.82) is 0 Å². The van der Waals surface area contributed by atoms with Gasteiger partial charge in [0.25, 0.3) is 0 Å². The minimum Gasteiger partial charge on any atom is -0.444 e. The molecule has 4 rings (SSSR count). The number of oxazole rings is 2. The van der Waals surface area contributed by atoms with Crippen molar-refractivity contribution in [3.8, 4) is 22.9 Å². The summed E-state index contributed by atoms with van der Waals surface area (Å²) >= 11 is 0. The highest BCUT2D eigenvalue weighted by Crippen LogP contribution is 2.19. The highest BCUT2D eigenvalue weighted by molar-refractivity contribution is 5.79. The van der Waals surface area contributed by atoms with Crippen LogP contribution >= 0.6 is 0 Å². The Morgan fingerprint density at radius 3 is 2.25 bits per heavy atom. The molecule has 0 amide bonds. The third-order valence-electron chi connectivity index (χ3n) is 4.63. The molecule has 2 aromatic carbocycles. The quantitative estimate of drug-likeness (QED) is 0.316. The number of hydrogen-bond donors (Lipinski definition) is 2. The Balaban J connectivity index is 1.31. The van der Waals surface area contributed by atoms with Gasteiger partial charge in [0.2, 0.25) is 11.8 Å². The van der Waals surface area contributed by atoms with Crippen LogP contribution in [0.5, 0.6) is 0 Å². The number of nitrogens with zero attached hydrogens (tertiary/aromatic N) is 3. The maximum Gasteiger partial charge on any atom is 0.226 e. The summed E-state index contributed by atoms with van der Waals surface area (Å²) in [6.45, 7) is 3.76. The molecule has 2 aromatic heterocycles. The van der Waals surface area contributed by atoms with E-state index in [9.17, 15) is 4.39 Å². The number of rotatable bonds is 8. The Hall–Kier alpha value is -3.94. The summed E-state index contributed by atoms with van der Waals surface area (Å²) in [5, 5.41) is 6.50. The summed E-state index contributed by atoms with van der Waals surface area (Å²) in [6.07, 6.45) is 3.89. The highest BCUT2D eigenvalue weighted by Gasteiger charge is 2.08. The van der Waals surface area contributed by atoms with Gasteiger partial charge in [-0.15, -0.1) is 0 Å². The van der Waals surface area contributed by atoms with E-state index in [0.717, 1.165) is 29.1 Å². The van der Waals surface area contributed by atoms with Gasteiger partial charge in [0.15, 0.2) is 5.96 Å². The lowest BCUT2D eigenvalue weighted by Crippen LogP contribution is -2.38. The van der Waals surface area contributed by atoms with Crippen LogP contribution in [0.3, 0.4) is 0 Å². The number of nitrogens with one attached hydrogen (secondary N) is 2. The SMILES string of the molecule is CCNC(=NCc1coc(-c2ccccc2)n1)NCCc1coc(-c2ccc(F)cc2)n1. The molecule has 7 nitrogen and oxygen atoms in total. The Bertz CT molecular complexity index is 1150. The third kappa shape index (κ3) is 5.60. The first-order chi connectivity index (χ1) is 15.7. The maximum atomic E-state index is 13.1. The zero-order valence-corrected chi connectivity index (χ0v) is 17.7. The lowest BCUT2D eigenvalue weighted by Gasteiger charge is -2.10. The molecule has 0 aliphatic rings. The van der Waals surface area contributed by atoms with Crippen LogP contribution < -0.4 is 10.6 Å². The number of hydrogen-bond acceptors (Lipinski definition) is 5. The fourth-order valence-electron chi connectivity index (χ4n) is 3.05. The largest absolute Gasteiger partial charge is 0.444 e. The monoisotopic (exact) mass is 433 g/mol. The zero-order valence-electron chi connectivity index (χ0n) is 17.7. The Morgan fingerprint density at radius 2 is 1.53 bits per heavy atom. The summed E-state index contributed by atoms with van der Waals surface area (Å²) in [6, 6.07) is 15.8. The number of guanidine groups is 1. The minimum absolute atomic E-state index is 0.290. The van der Waals surface area contributed by atoms with Crippen molar-refractivity contribution in [2.45, 2.75) is 19.9 Å². The van der Waals surface area contributed by atoms with Crippen molar-refractivity contribution < 1.29 is 13.2 Å². The summed E-state index contributed by atoms with van der Waals surface area (Å²) in [4.78, 5) is 13.5. The fourth-order valence-corrected chi connectivity index (χ4v) is 3.05. The van der Waals surface area contributed by atoms with Gasteiger partial charge >= 0.3 is 0 Å². The van der Waals surface area contributed by atoms with Crippen LogP contribution in [0.25, 0.3) is 22.9 Å². The van der Waals surface area contributed by atoms with E-state index in [1.807, 2.05) is 37.3 Å². The molecule has 8 heteroatoms. The number of aromatic nitrogens is 2. The van der Waals surface area contributed by atoms with Crippen molar-refractivity contribution in [3.05, 3.63) is 84.3 Å². The van der Waals surface area contributed by atoms with Gasteiger partial charge in [0.1, 0.15) is 24.0 Å². The second-order valence-corrected chi connectivity index (χ2v) is 7.03. The van der Waals surface area contributed by atoms with Crippen LogP contribution in [0, 0.1) is 5.82 Å². The van der Waals surface area contributed by atoms with Gasteiger partial charge in [-0.25, -0.2) is 19.4 Å². The van der Waals surface area contributed by atoms with Crippen LogP contribution in [-0.4, -0.2) is 29.0 Å². The molecule has 164 valence electrons. The molecule has 0 aliphatic heterocycles. The molecule has 32 heavy (non-hydrogen) atoms. The Kier molecular flexibility index (Phi) is 6.91. The molecule has 0 atom stereocenters. The Morgan fingerprint density at radius 1 is 0.875 bits per heavy atom. The van der Waals surface area contributed by atoms with Crippen LogP contribution in [0.2, 0.25) is 0 Å². The molecule has 0 spiro atoms. The molecule has 0 bridgehead atoms. The first-order valence-electron chi connectivity index (χ1n) is 10.4. The smallest absolute Gasteiger partial charge is 0.226 e. The fraction of sp³-hybridized carbons (Fsp3) is 0.208. The van der Waals surface area contributed by atoms with Gasteiger partial charge in [-0.2, -0.15) is 0 Å². The van der Waals surface area contributed by atoms with E-state index in [1.54, 1.807) is 24.7 Å². The van der Waals surface area contributed by atoms with Crippen molar-refractivity contribution in [3.63, 3.8) is 0 Å². The van der Waals surface area contributed by atoms with Crippen LogP contribution in [-0.2, 0) is 13.0 Å². The Labute approximate surface area is 185 Å². The summed E-state index contributed by atoms with van der Waals surface area (Å²) in [7, 11) is 0. The first-order valence-corrected chi connectivity index (χ1v) is 10.4. The lowest BCUT2D eigenvalue weighted by molar-refractivity contribution is 0.571. The van der Waals surface area contributed by atoms with Gasteiger partial charge in [0.05, 0.1) is 12.2 Å². The maximum absolute atomic E-state index is 13.1. The molecule has 0 saturated heterocycles.